The minimum atomic E-state index is -0.520. The van der Waals surface area contributed by atoms with Crippen molar-refractivity contribution in [1.29, 1.82) is 0 Å². The fourth-order valence-electron chi connectivity index (χ4n) is 2.14. The van der Waals surface area contributed by atoms with E-state index in [4.69, 9.17) is 5.73 Å². The Balaban J connectivity index is 2.29. The van der Waals surface area contributed by atoms with Gasteiger partial charge in [0.15, 0.2) is 0 Å². The molecule has 0 radical (unpaired) electrons. The molecule has 1 aromatic carbocycles. The fraction of sp³-hybridized carbons (Fsp3) is 0.250. The summed E-state index contributed by atoms with van der Waals surface area (Å²) in [5, 5.41) is 0. The highest BCUT2D eigenvalue weighted by atomic mass is 19.1. The molecular weight excluding hydrogens is 269 g/mol. The molecule has 4 nitrogen and oxygen atoms in total. The van der Waals surface area contributed by atoms with Gasteiger partial charge in [0.2, 0.25) is 0 Å². The molecule has 0 aliphatic rings. The van der Waals surface area contributed by atoms with Crippen LogP contribution >= 0.6 is 0 Å². The van der Waals surface area contributed by atoms with Crippen molar-refractivity contribution in [3.05, 3.63) is 59.2 Å². The Morgan fingerprint density at radius 1 is 1.38 bits per heavy atom. The summed E-state index contributed by atoms with van der Waals surface area (Å²) in [6, 6.07) is 8.39. The molecular formula is C16H18FN3O. The van der Waals surface area contributed by atoms with Crippen molar-refractivity contribution >= 4 is 11.6 Å². The zero-order chi connectivity index (χ0) is 15.4. The number of nitrogens with zero attached hydrogens (tertiary/aromatic N) is 2. The van der Waals surface area contributed by atoms with E-state index >= 15 is 0 Å². The molecule has 0 unspecified atom stereocenters. The van der Waals surface area contributed by atoms with Crippen LogP contribution in [0.1, 0.15) is 28.5 Å². The second-order valence-electron chi connectivity index (χ2n) is 4.84. The van der Waals surface area contributed by atoms with Crippen molar-refractivity contribution in [3.63, 3.8) is 0 Å². The highest BCUT2D eigenvalue weighted by Crippen LogP contribution is 2.19. The molecule has 2 aromatic rings. The maximum atomic E-state index is 14.1. The van der Waals surface area contributed by atoms with Crippen molar-refractivity contribution in [1.82, 2.24) is 9.88 Å². The number of carbonyl (C=O) groups excluding carboxylic acids is 1. The van der Waals surface area contributed by atoms with Gasteiger partial charge in [-0.25, -0.2) is 4.39 Å². The normalized spacial score (nSPS) is 10.4. The minimum absolute atomic E-state index is 0.00489. The van der Waals surface area contributed by atoms with E-state index in [2.05, 4.69) is 4.98 Å². The third-order valence-corrected chi connectivity index (χ3v) is 3.26. The molecule has 1 aromatic heterocycles. The molecule has 0 atom stereocenters. The second-order valence-corrected chi connectivity index (χ2v) is 4.84. The van der Waals surface area contributed by atoms with Gasteiger partial charge in [-0.05, 0) is 43.7 Å². The molecule has 1 amide bonds. The number of amides is 1. The number of nitrogens with two attached hydrogens (primary N) is 1. The van der Waals surface area contributed by atoms with Crippen LogP contribution < -0.4 is 5.73 Å². The molecule has 0 saturated heterocycles. The first-order valence-electron chi connectivity index (χ1n) is 6.77. The summed E-state index contributed by atoms with van der Waals surface area (Å²) >= 11 is 0. The lowest BCUT2D eigenvalue weighted by Gasteiger charge is -2.21. The van der Waals surface area contributed by atoms with Crippen molar-refractivity contribution in [2.24, 2.45) is 0 Å². The Morgan fingerprint density at radius 3 is 2.76 bits per heavy atom. The predicted molar refractivity (Wildman–Crippen MR) is 80.2 cm³/mol. The van der Waals surface area contributed by atoms with E-state index < -0.39 is 5.82 Å². The first-order chi connectivity index (χ1) is 10.0. The molecule has 2 rings (SSSR count). The molecule has 110 valence electrons. The number of aryl methyl sites for hydroxylation is 1. The number of aromatic nitrogens is 1. The lowest BCUT2D eigenvalue weighted by Crippen LogP contribution is -2.31. The zero-order valence-electron chi connectivity index (χ0n) is 12.1. The minimum Gasteiger partial charge on any atom is -0.399 e. The van der Waals surface area contributed by atoms with Crippen molar-refractivity contribution in [2.45, 2.75) is 20.4 Å². The van der Waals surface area contributed by atoms with Crippen molar-refractivity contribution < 1.29 is 9.18 Å². The van der Waals surface area contributed by atoms with E-state index in [0.717, 1.165) is 5.69 Å². The molecule has 0 bridgehead atoms. The number of pyridine rings is 1. The third-order valence-electron chi connectivity index (χ3n) is 3.26. The average Bonchev–Trinajstić information content (AvgIpc) is 2.49. The Labute approximate surface area is 123 Å². The lowest BCUT2D eigenvalue weighted by atomic mass is 10.1. The van der Waals surface area contributed by atoms with Crippen LogP contribution in [-0.2, 0) is 6.54 Å². The standard InChI is InChI=1S/C16H18FN3O/c1-3-20(10-13-6-4-5-7-19-13)16(21)14-9-12(18)8-11(2)15(14)17/h4-9H,3,10,18H2,1-2H3. The second kappa shape index (κ2) is 6.35. The summed E-state index contributed by atoms with van der Waals surface area (Å²) in [7, 11) is 0. The van der Waals surface area contributed by atoms with Crippen LogP contribution in [0.5, 0.6) is 0 Å². The smallest absolute Gasteiger partial charge is 0.257 e. The summed E-state index contributed by atoms with van der Waals surface area (Å²) in [6.07, 6.45) is 1.67. The van der Waals surface area contributed by atoms with Crippen molar-refractivity contribution in [3.8, 4) is 0 Å². The maximum Gasteiger partial charge on any atom is 0.257 e. The van der Waals surface area contributed by atoms with E-state index in [9.17, 15) is 9.18 Å². The Kier molecular flexibility index (Phi) is 4.52. The highest BCUT2D eigenvalue weighted by Gasteiger charge is 2.20. The summed E-state index contributed by atoms with van der Waals surface area (Å²) in [6.45, 7) is 4.24. The Hall–Kier alpha value is -2.43. The van der Waals surface area contributed by atoms with E-state index in [0.29, 0.717) is 24.3 Å². The molecule has 0 aliphatic carbocycles. The van der Waals surface area contributed by atoms with E-state index in [-0.39, 0.29) is 11.5 Å². The van der Waals surface area contributed by atoms with Gasteiger partial charge in [-0.3, -0.25) is 9.78 Å². The van der Waals surface area contributed by atoms with Gasteiger partial charge in [-0.15, -0.1) is 0 Å². The van der Waals surface area contributed by atoms with Gasteiger partial charge in [0.1, 0.15) is 5.82 Å². The lowest BCUT2D eigenvalue weighted by molar-refractivity contribution is 0.0745. The molecule has 0 saturated carbocycles. The fourth-order valence-corrected chi connectivity index (χ4v) is 2.14. The first-order valence-corrected chi connectivity index (χ1v) is 6.77. The monoisotopic (exact) mass is 287 g/mol. The van der Waals surface area contributed by atoms with Gasteiger partial charge in [0.25, 0.3) is 5.91 Å². The summed E-state index contributed by atoms with van der Waals surface area (Å²) < 4.78 is 14.1. The third kappa shape index (κ3) is 3.37. The van der Waals surface area contributed by atoms with Gasteiger partial charge in [0, 0.05) is 18.4 Å². The average molecular weight is 287 g/mol. The van der Waals surface area contributed by atoms with Crippen LogP contribution in [0.3, 0.4) is 0 Å². The molecule has 0 fully saturated rings. The number of hydrogen-bond donors (Lipinski definition) is 1. The zero-order valence-corrected chi connectivity index (χ0v) is 12.1. The Morgan fingerprint density at radius 2 is 2.14 bits per heavy atom. The molecule has 5 heteroatoms. The largest absolute Gasteiger partial charge is 0.399 e. The number of hydrogen-bond acceptors (Lipinski definition) is 3. The van der Waals surface area contributed by atoms with Crippen LogP contribution in [0.25, 0.3) is 0 Å². The SMILES string of the molecule is CCN(Cc1ccccn1)C(=O)c1cc(N)cc(C)c1F. The topological polar surface area (TPSA) is 59.2 Å². The van der Waals surface area contributed by atoms with E-state index in [1.54, 1.807) is 18.0 Å². The maximum absolute atomic E-state index is 14.1. The Bertz CT molecular complexity index is 643. The molecule has 2 N–H and O–H groups in total. The number of carbonyl (C=O) groups is 1. The molecule has 0 spiro atoms. The number of halogens is 1. The van der Waals surface area contributed by atoms with Crippen LogP contribution in [-0.4, -0.2) is 22.3 Å². The number of nitrogen functional groups attached to an aromatic ring is 1. The van der Waals surface area contributed by atoms with Crippen molar-refractivity contribution in [2.75, 3.05) is 12.3 Å². The first kappa shape index (κ1) is 15.0. The predicted octanol–water partition coefficient (Wildman–Crippen LogP) is 2.77. The van der Waals surface area contributed by atoms with Gasteiger partial charge in [0.05, 0.1) is 17.8 Å². The van der Waals surface area contributed by atoms with Crippen LogP contribution in [0.15, 0.2) is 36.5 Å². The van der Waals surface area contributed by atoms with Gasteiger partial charge < -0.3 is 10.6 Å². The molecule has 1 heterocycles. The number of anilines is 1. The number of rotatable bonds is 4. The summed E-state index contributed by atoms with van der Waals surface area (Å²) in [5.41, 5.74) is 7.22. The molecule has 0 aliphatic heterocycles. The summed E-state index contributed by atoms with van der Waals surface area (Å²) in [5.74, 6) is -0.898. The summed E-state index contributed by atoms with van der Waals surface area (Å²) in [4.78, 5) is 18.2. The van der Waals surface area contributed by atoms with Crippen LogP contribution in [0, 0.1) is 12.7 Å². The van der Waals surface area contributed by atoms with E-state index in [1.807, 2.05) is 25.1 Å². The van der Waals surface area contributed by atoms with Crippen LogP contribution in [0.4, 0.5) is 10.1 Å². The van der Waals surface area contributed by atoms with E-state index in [1.165, 1.54) is 12.1 Å². The highest BCUT2D eigenvalue weighted by molar-refractivity contribution is 5.95. The quantitative estimate of drug-likeness (QED) is 0.880. The number of benzene rings is 1. The molecule has 21 heavy (non-hydrogen) atoms. The van der Waals surface area contributed by atoms with Gasteiger partial charge in [-0.1, -0.05) is 6.07 Å². The van der Waals surface area contributed by atoms with Gasteiger partial charge >= 0.3 is 0 Å². The van der Waals surface area contributed by atoms with Crippen LogP contribution in [0.2, 0.25) is 0 Å². The van der Waals surface area contributed by atoms with Gasteiger partial charge in [-0.2, -0.15) is 0 Å².